The van der Waals surface area contributed by atoms with Gasteiger partial charge in [-0.3, -0.25) is 9.00 Å². The quantitative estimate of drug-likeness (QED) is 0.875. The zero-order valence-corrected chi connectivity index (χ0v) is 10.0. The standard InChI is InChI=1S/C12H10O5S/c13-9-3-1-2-4-12(9)18(16)7-8-5-10(14)11(15)6-17-8/h1-6,13,15H,7H2. The number of hydrogen-bond acceptors (Lipinski definition) is 5. The third kappa shape index (κ3) is 2.60. The van der Waals surface area contributed by atoms with E-state index in [1.54, 1.807) is 12.1 Å². The van der Waals surface area contributed by atoms with Gasteiger partial charge in [0.25, 0.3) is 0 Å². The highest BCUT2D eigenvalue weighted by atomic mass is 32.2. The number of phenols is 1. The lowest BCUT2D eigenvalue weighted by Gasteiger charge is -2.03. The first-order chi connectivity index (χ1) is 8.58. The molecule has 2 rings (SSSR count). The lowest BCUT2D eigenvalue weighted by atomic mass is 10.3. The van der Waals surface area contributed by atoms with E-state index < -0.39 is 22.0 Å². The van der Waals surface area contributed by atoms with Crippen LogP contribution in [-0.2, 0) is 16.6 Å². The van der Waals surface area contributed by atoms with Gasteiger partial charge < -0.3 is 14.6 Å². The molecule has 1 aromatic heterocycles. The fourth-order valence-electron chi connectivity index (χ4n) is 1.38. The Labute approximate surface area is 105 Å². The van der Waals surface area contributed by atoms with Gasteiger partial charge >= 0.3 is 0 Å². The third-order valence-electron chi connectivity index (χ3n) is 2.25. The lowest BCUT2D eigenvalue weighted by Crippen LogP contribution is -2.03. The van der Waals surface area contributed by atoms with Crippen molar-refractivity contribution in [1.82, 2.24) is 0 Å². The summed E-state index contributed by atoms with van der Waals surface area (Å²) in [7, 11) is -1.53. The minimum atomic E-state index is -1.53. The van der Waals surface area contributed by atoms with E-state index in [0.29, 0.717) is 0 Å². The second-order valence-electron chi connectivity index (χ2n) is 3.55. The average molecular weight is 266 g/mol. The molecule has 5 nitrogen and oxygen atoms in total. The molecule has 0 aliphatic heterocycles. The molecule has 6 heteroatoms. The van der Waals surface area contributed by atoms with Gasteiger partial charge in [-0.05, 0) is 12.1 Å². The molecule has 1 atom stereocenters. The topological polar surface area (TPSA) is 87.7 Å². The van der Waals surface area contributed by atoms with Gasteiger partial charge in [0.15, 0.2) is 5.75 Å². The number of phenolic OH excluding ortho intramolecular Hbond substituents is 1. The molecule has 0 aliphatic carbocycles. The van der Waals surface area contributed by atoms with Crippen LogP contribution in [0.2, 0.25) is 0 Å². The van der Waals surface area contributed by atoms with Crippen LogP contribution in [0.4, 0.5) is 0 Å². The SMILES string of the molecule is O=c1cc(CS(=O)c2ccccc2O)occ1O. The maximum atomic E-state index is 12.0. The summed E-state index contributed by atoms with van der Waals surface area (Å²) in [5.41, 5.74) is -0.592. The number of hydrogen-bond donors (Lipinski definition) is 2. The van der Waals surface area contributed by atoms with Crippen LogP contribution >= 0.6 is 0 Å². The largest absolute Gasteiger partial charge is 0.507 e. The molecule has 0 saturated heterocycles. The smallest absolute Gasteiger partial charge is 0.226 e. The Morgan fingerprint density at radius 2 is 1.89 bits per heavy atom. The summed E-state index contributed by atoms with van der Waals surface area (Å²) in [6, 6.07) is 7.31. The first kappa shape index (κ1) is 12.4. The summed E-state index contributed by atoms with van der Waals surface area (Å²) in [5, 5.41) is 18.5. The van der Waals surface area contributed by atoms with Gasteiger partial charge in [0.2, 0.25) is 5.43 Å². The molecule has 0 radical (unpaired) electrons. The first-order valence-corrected chi connectivity index (χ1v) is 6.37. The Balaban J connectivity index is 2.24. The normalized spacial score (nSPS) is 12.2. The monoisotopic (exact) mass is 266 g/mol. The van der Waals surface area contributed by atoms with E-state index in [-0.39, 0.29) is 22.2 Å². The second-order valence-corrected chi connectivity index (χ2v) is 4.97. The van der Waals surface area contributed by atoms with Gasteiger partial charge in [-0.2, -0.15) is 0 Å². The molecule has 0 spiro atoms. The zero-order valence-electron chi connectivity index (χ0n) is 9.20. The van der Waals surface area contributed by atoms with Crippen LogP contribution in [0.1, 0.15) is 5.76 Å². The van der Waals surface area contributed by atoms with Gasteiger partial charge in [-0.1, -0.05) is 12.1 Å². The van der Waals surface area contributed by atoms with Gasteiger partial charge in [0.05, 0.1) is 21.4 Å². The maximum absolute atomic E-state index is 12.0. The summed E-state index contributed by atoms with van der Waals surface area (Å²) >= 11 is 0. The molecule has 0 fully saturated rings. The van der Waals surface area contributed by atoms with Crippen molar-refractivity contribution in [2.24, 2.45) is 0 Å². The summed E-state index contributed by atoms with van der Waals surface area (Å²) in [5.74, 6) is -0.434. The van der Waals surface area contributed by atoms with Crippen molar-refractivity contribution in [3.8, 4) is 11.5 Å². The number of benzene rings is 1. The van der Waals surface area contributed by atoms with E-state index in [2.05, 4.69) is 0 Å². The average Bonchev–Trinajstić information content (AvgIpc) is 2.34. The van der Waals surface area contributed by atoms with Gasteiger partial charge in [-0.25, -0.2) is 0 Å². The Morgan fingerprint density at radius 3 is 2.56 bits per heavy atom. The van der Waals surface area contributed by atoms with Crippen LogP contribution in [0.25, 0.3) is 0 Å². The van der Waals surface area contributed by atoms with Crippen molar-refractivity contribution in [2.45, 2.75) is 10.6 Å². The van der Waals surface area contributed by atoms with E-state index in [1.807, 2.05) is 0 Å². The number of aromatic hydroxyl groups is 2. The van der Waals surface area contributed by atoms with Crippen LogP contribution in [0.15, 0.2) is 50.7 Å². The molecule has 18 heavy (non-hydrogen) atoms. The molecular weight excluding hydrogens is 256 g/mol. The van der Waals surface area contributed by atoms with Crippen LogP contribution in [0.5, 0.6) is 11.5 Å². The van der Waals surface area contributed by atoms with Crippen LogP contribution in [0.3, 0.4) is 0 Å². The highest BCUT2D eigenvalue weighted by molar-refractivity contribution is 7.84. The van der Waals surface area contributed by atoms with Crippen molar-refractivity contribution < 1.29 is 18.8 Å². The van der Waals surface area contributed by atoms with Crippen LogP contribution in [-0.4, -0.2) is 14.4 Å². The second kappa shape index (κ2) is 5.05. The molecule has 0 saturated carbocycles. The fourth-order valence-corrected chi connectivity index (χ4v) is 2.47. The molecule has 0 bridgehead atoms. The molecule has 0 aliphatic rings. The van der Waals surface area contributed by atoms with Crippen molar-refractivity contribution in [1.29, 1.82) is 0 Å². The Bertz CT molecular complexity index is 647. The Kier molecular flexibility index (Phi) is 3.47. The number of rotatable bonds is 3. The molecule has 2 N–H and O–H groups in total. The Morgan fingerprint density at radius 1 is 1.17 bits per heavy atom. The Hall–Kier alpha value is -2.08. The highest BCUT2D eigenvalue weighted by Crippen LogP contribution is 2.22. The predicted molar refractivity (Wildman–Crippen MR) is 64.9 cm³/mol. The first-order valence-electron chi connectivity index (χ1n) is 5.05. The minimum Gasteiger partial charge on any atom is -0.507 e. The molecule has 2 aromatic rings. The maximum Gasteiger partial charge on any atom is 0.226 e. The van der Waals surface area contributed by atoms with E-state index in [1.165, 1.54) is 12.1 Å². The summed E-state index contributed by atoms with van der Waals surface area (Å²) in [6.07, 6.45) is 0.902. The zero-order chi connectivity index (χ0) is 13.1. The van der Waals surface area contributed by atoms with Crippen LogP contribution < -0.4 is 5.43 Å². The molecular formula is C12H10O5S. The van der Waals surface area contributed by atoms with Crippen LogP contribution in [0, 0.1) is 0 Å². The van der Waals surface area contributed by atoms with Crippen molar-refractivity contribution >= 4 is 10.8 Å². The summed E-state index contributed by atoms with van der Waals surface area (Å²) in [4.78, 5) is 11.4. The molecule has 0 amide bonds. The van der Waals surface area contributed by atoms with E-state index in [4.69, 9.17) is 9.52 Å². The lowest BCUT2D eigenvalue weighted by molar-refractivity contribution is 0.418. The predicted octanol–water partition coefficient (Wildman–Crippen LogP) is 1.36. The van der Waals surface area contributed by atoms with Crippen molar-refractivity contribution in [3.05, 3.63) is 52.6 Å². The molecule has 1 heterocycles. The molecule has 94 valence electrons. The number of para-hydroxylation sites is 1. The van der Waals surface area contributed by atoms with E-state index >= 15 is 0 Å². The molecule has 1 aromatic carbocycles. The van der Waals surface area contributed by atoms with Gasteiger partial charge in [-0.15, -0.1) is 0 Å². The van der Waals surface area contributed by atoms with E-state index in [9.17, 15) is 14.1 Å². The fraction of sp³-hybridized carbons (Fsp3) is 0.0833. The van der Waals surface area contributed by atoms with Gasteiger partial charge in [0, 0.05) is 6.07 Å². The van der Waals surface area contributed by atoms with E-state index in [0.717, 1.165) is 12.3 Å². The minimum absolute atomic E-state index is 0.0485. The summed E-state index contributed by atoms with van der Waals surface area (Å²) in [6.45, 7) is 0. The molecule has 1 unspecified atom stereocenters. The van der Waals surface area contributed by atoms with Crippen molar-refractivity contribution in [3.63, 3.8) is 0 Å². The van der Waals surface area contributed by atoms with Gasteiger partial charge in [0.1, 0.15) is 17.8 Å². The van der Waals surface area contributed by atoms with Crippen molar-refractivity contribution in [2.75, 3.05) is 0 Å². The highest BCUT2D eigenvalue weighted by Gasteiger charge is 2.11. The third-order valence-corrected chi connectivity index (χ3v) is 3.63. The summed E-state index contributed by atoms with van der Waals surface area (Å²) < 4.78 is 16.9.